The van der Waals surface area contributed by atoms with E-state index in [2.05, 4.69) is 16.2 Å². The average molecular weight is 153 g/mol. The standard InChI is InChI=1S/C6H13P.ClH/c1-2-6(7)4-3-5-6;/h2-5,7H2,1H3;1H. The van der Waals surface area contributed by atoms with E-state index in [-0.39, 0.29) is 12.4 Å². The number of hydrogen-bond donors (Lipinski definition) is 0. The van der Waals surface area contributed by atoms with Crippen LogP contribution in [0.15, 0.2) is 0 Å². The Hall–Kier alpha value is 0.720. The van der Waals surface area contributed by atoms with E-state index in [9.17, 15) is 0 Å². The summed E-state index contributed by atoms with van der Waals surface area (Å²) >= 11 is 0. The fraction of sp³-hybridized carbons (Fsp3) is 1.00. The first-order valence-electron chi connectivity index (χ1n) is 3.06. The largest absolute Gasteiger partial charge is 0.147 e. The minimum atomic E-state index is 0. The first kappa shape index (κ1) is 8.72. The highest BCUT2D eigenvalue weighted by atomic mass is 35.5. The lowest BCUT2D eigenvalue weighted by Gasteiger charge is -2.36. The van der Waals surface area contributed by atoms with Crippen molar-refractivity contribution in [3.63, 3.8) is 0 Å². The van der Waals surface area contributed by atoms with Gasteiger partial charge in [-0.1, -0.05) is 13.3 Å². The van der Waals surface area contributed by atoms with E-state index in [1.54, 1.807) is 0 Å². The Labute approximate surface area is 60.0 Å². The Balaban J connectivity index is 0.000000490. The van der Waals surface area contributed by atoms with Crippen molar-refractivity contribution < 1.29 is 0 Å². The Morgan fingerprint density at radius 2 is 2.00 bits per heavy atom. The van der Waals surface area contributed by atoms with Gasteiger partial charge in [-0.2, -0.15) is 0 Å². The highest BCUT2D eigenvalue weighted by Gasteiger charge is 2.29. The zero-order valence-corrected chi connectivity index (χ0v) is 7.29. The number of rotatable bonds is 1. The summed E-state index contributed by atoms with van der Waals surface area (Å²) in [7, 11) is 2.95. The zero-order valence-electron chi connectivity index (χ0n) is 5.31. The minimum absolute atomic E-state index is 0. The molecule has 0 aromatic carbocycles. The lowest BCUT2D eigenvalue weighted by molar-refractivity contribution is 0.352. The fourth-order valence-corrected chi connectivity index (χ4v) is 1.39. The predicted octanol–water partition coefficient (Wildman–Crippen LogP) is 2.62. The molecule has 1 aliphatic carbocycles. The molecule has 0 heterocycles. The molecule has 0 radical (unpaired) electrons. The molecule has 0 aromatic rings. The summed E-state index contributed by atoms with van der Waals surface area (Å²) in [5, 5.41) is 0.681. The van der Waals surface area contributed by atoms with Gasteiger partial charge in [-0.25, -0.2) is 0 Å². The SMILES string of the molecule is CCC1(P)CCC1.Cl. The molecular formula is C6H14ClP. The molecule has 1 rings (SSSR count). The molecule has 1 aliphatic rings. The van der Waals surface area contributed by atoms with Gasteiger partial charge in [-0.05, 0) is 24.4 Å². The Kier molecular flexibility index (Phi) is 3.31. The van der Waals surface area contributed by atoms with Crippen molar-refractivity contribution in [1.82, 2.24) is 0 Å². The normalized spacial score (nSPS) is 23.2. The van der Waals surface area contributed by atoms with E-state index in [1.165, 1.54) is 25.7 Å². The maximum absolute atomic E-state index is 2.95. The number of hydrogen-bond acceptors (Lipinski definition) is 0. The molecule has 0 saturated heterocycles. The van der Waals surface area contributed by atoms with Gasteiger partial charge in [-0.15, -0.1) is 21.6 Å². The maximum Gasteiger partial charge on any atom is -0.0153 e. The molecule has 1 fully saturated rings. The minimum Gasteiger partial charge on any atom is -0.147 e. The van der Waals surface area contributed by atoms with Gasteiger partial charge < -0.3 is 0 Å². The molecule has 0 N–H and O–H groups in total. The molecule has 50 valence electrons. The van der Waals surface area contributed by atoms with E-state index < -0.39 is 0 Å². The van der Waals surface area contributed by atoms with Crippen LogP contribution in [0.1, 0.15) is 32.6 Å². The van der Waals surface area contributed by atoms with E-state index in [4.69, 9.17) is 0 Å². The van der Waals surface area contributed by atoms with Crippen molar-refractivity contribution in [3.05, 3.63) is 0 Å². The van der Waals surface area contributed by atoms with Crippen molar-refractivity contribution in [1.29, 1.82) is 0 Å². The third kappa shape index (κ3) is 1.60. The third-order valence-electron chi connectivity index (χ3n) is 2.05. The first-order chi connectivity index (χ1) is 3.27. The maximum atomic E-state index is 2.95. The van der Waals surface area contributed by atoms with Crippen LogP contribution in [0.25, 0.3) is 0 Å². The molecule has 0 aromatic heterocycles. The predicted molar refractivity (Wildman–Crippen MR) is 43.8 cm³/mol. The highest BCUT2D eigenvalue weighted by Crippen LogP contribution is 2.42. The summed E-state index contributed by atoms with van der Waals surface area (Å²) < 4.78 is 0. The fourth-order valence-electron chi connectivity index (χ4n) is 0.984. The molecule has 8 heavy (non-hydrogen) atoms. The molecule has 0 amide bonds. The van der Waals surface area contributed by atoms with Crippen LogP contribution in [0.4, 0.5) is 0 Å². The monoisotopic (exact) mass is 152 g/mol. The lowest BCUT2D eigenvalue weighted by Crippen LogP contribution is -2.28. The summed E-state index contributed by atoms with van der Waals surface area (Å²) in [5.74, 6) is 0. The first-order valence-corrected chi connectivity index (χ1v) is 3.63. The van der Waals surface area contributed by atoms with E-state index >= 15 is 0 Å². The Bertz CT molecular complexity index is 63.4. The molecule has 0 bridgehead atoms. The van der Waals surface area contributed by atoms with Crippen molar-refractivity contribution in [3.8, 4) is 0 Å². The van der Waals surface area contributed by atoms with Gasteiger partial charge in [0, 0.05) is 0 Å². The van der Waals surface area contributed by atoms with Gasteiger partial charge in [0.1, 0.15) is 0 Å². The summed E-state index contributed by atoms with van der Waals surface area (Å²) in [4.78, 5) is 0. The second-order valence-corrected chi connectivity index (χ2v) is 3.79. The van der Waals surface area contributed by atoms with Crippen LogP contribution in [0.2, 0.25) is 0 Å². The molecule has 0 spiro atoms. The summed E-state index contributed by atoms with van der Waals surface area (Å²) in [6.45, 7) is 2.27. The van der Waals surface area contributed by atoms with Crippen molar-refractivity contribution in [2.75, 3.05) is 0 Å². The van der Waals surface area contributed by atoms with Crippen LogP contribution in [0.5, 0.6) is 0 Å². The van der Waals surface area contributed by atoms with Crippen LogP contribution in [0.3, 0.4) is 0 Å². The molecule has 0 aliphatic heterocycles. The van der Waals surface area contributed by atoms with Gasteiger partial charge in [-0.3, -0.25) is 0 Å². The van der Waals surface area contributed by atoms with Crippen LogP contribution in [0, 0.1) is 0 Å². The van der Waals surface area contributed by atoms with Gasteiger partial charge in [0.05, 0.1) is 0 Å². The second-order valence-electron chi connectivity index (χ2n) is 2.57. The van der Waals surface area contributed by atoms with Crippen LogP contribution >= 0.6 is 21.6 Å². The zero-order chi connectivity index (χ0) is 5.33. The molecule has 2 heteroatoms. The molecule has 1 saturated carbocycles. The van der Waals surface area contributed by atoms with Crippen molar-refractivity contribution in [2.45, 2.75) is 37.8 Å². The smallest absolute Gasteiger partial charge is 0.0153 e. The lowest BCUT2D eigenvalue weighted by atomic mass is 9.82. The van der Waals surface area contributed by atoms with E-state index in [0.29, 0.717) is 5.16 Å². The summed E-state index contributed by atoms with van der Waals surface area (Å²) in [6, 6.07) is 0. The van der Waals surface area contributed by atoms with E-state index in [0.717, 1.165) is 0 Å². The summed E-state index contributed by atoms with van der Waals surface area (Å²) in [5.41, 5.74) is 0. The molecular weight excluding hydrogens is 138 g/mol. The molecule has 1 unspecified atom stereocenters. The van der Waals surface area contributed by atoms with Crippen LogP contribution in [-0.2, 0) is 0 Å². The topological polar surface area (TPSA) is 0 Å². The Morgan fingerprint density at radius 3 is 2.00 bits per heavy atom. The van der Waals surface area contributed by atoms with Gasteiger partial charge in [0.2, 0.25) is 0 Å². The van der Waals surface area contributed by atoms with E-state index in [1.807, 2.05) is 0 Å². The average Bonchev–Trinajstić information content (AvgIpc) is 1.61. The Morgan fingerprint density at radius 1 is 1.50 bits per heavy atom. The molecule has 0 nitrogen and oxygen atoms in total. The summed E-state index contributed by atoms with van der Waals surface area (Å²) in [6.07, 6.45) is 5.68. The van der Waals surface area contributed by atoms with Crippen LogP contribution < -0.4 is 0 Å². The number of halogens is 1. The highest BCUT2D eigenvalue weighted by molar-refractivity contribution is 7.19. The molecule has 1 atom stereocenters. The van der Waals surface area contributed by atoms with Crippen molar-refractivity contribution >= 4 is 21.6 Å². The van der Waals surface area contributed by atoms with Gasteiger partial charge >= 0.3 is 0 Å². The second kappa shape index (κ2) is 3.03. The van der Waals surface area contributed by atoms with Crippen molar-refractivity contribution in [2.24, 2.45) is 0 Å². The van der Waals surface area contributed by atoms with Crippen LogP contribution in [-0.4, -0.2) is 5.16 Å². The van der Waals surface area contributed by atoms with Gasteiger partial charge in [0.15, 0.2) is 0 Å². The quantitative estimate of drug-likeness (QED) is 0.507. The van der Waals surface area contributed by atoms with Gasteiger partial charge in [0.25, 0.3) is 0 Å². The third-order valence-corrected chi connectivity index (χ3v) is 3.04.